The van der Waals surface area contributed by atoms with Gasteiger partial charge >= 0.3 is 0 Å². The van der Waals surface area contributed by atoms with E-state index in [1.807, 2.05) is 0 Å². The summed E-state index contributed by atoms with van der Waals surface area (Å²) in [4.78, 5) is 0. The summed E-state index contributed by atoms with van der Waals surface area (Å²) in [6.07, 6.45) is 11.2. The molecule has 5 atom stereocenters. The Balaban J connectivity index is 1.36. The van der Waals surface area contributed by atoms with Crippen molar-refractivity contribution in [3.8, 4) is 0 Å². The van der Waals surface area contributed by atoms with E-state index in [-0.39, 0.29) is 7.92 Å². The average Bonchev–Trinajstić information content (AvgIpc) is 3.50. The van der Waals surface area contributed by atoms with Gasteiger partial charge in [0.05, 0.1) is 0 Å². The summed E-state index contributed by atoms with van der Waals surface area (Å²) >= 11 is 0. The first-order valence-electron chi connectivity index (χ1n) is 12.3. The fraction of sp³-hybridized carbons (Fsp3) is 0.400. The largest absolute Gasteiger partial charge is 0.0747 e. The second-order valence-corrected chi connectivity index (χ2v) is 12.0. The minimum atomic E-state index is -0.112. The van der Waals surface area contributed by atoms with Crippen LogP contribution in [0.4, 0.5) is 0 Å². The maximum absolute atomic E-state index is 2.42. The molecule has 1 heteroatoms. The van der Waals surface area contributed by atoms with E-state index < -0.39 is 0 Å². The highest BCUT2D eigenvalue weighted by atomic mass is 31.1. The lowest BCUT2D eigenvalue weighted by Gasteiger charge is -2.30. The van der Waals surface area contributed by atoms with Gasteiger partial charge in [0.2, 0.25) is 0 Å². The Morgan fingerprint density at radius 3 is 1.39 bits per heavy atom. The molecule has 3 aromatic carbocycles. The van der Waals surface area contributed by atoms with Crippen LogP contribution in [-0.4, -0.2) is 12.3 Å². The van der Waals surface area contributed by atoms with Crippen molar-refractivity contribution in [3.05, 3.63) is 102 Å². The highest BCUT2D eigenvalue weighted by molar-refractivity contribution is 7.65. The molecular weight excluding hydrogens is 391 g/mol. The van der Waals surface area contributed by atoms with E-state index in [0.29, 0.717) is 0 Å². The van der Waals surface area contributed by atoms with Crippen LogP contribution in [0.3, 0.4) is 0 Å². The summed E-state index contributed by atoms with van der Waals surface area (Å²) in [7, 11) is -0.112. The van der Waals surface area contributed by atoms with Gasteiger partial charge in [0, 0.05) is 0 Å². The lowest BCUT2D eigenvalue weighted by Crippen LogP contribution is -2.20. The van der Waals surface area contributed by atoms with Gasteiger partial charge in [-0.15, -0.1) is 0 Å². The van der Waals surface area contributed by atoms with Crippen LogP contribution in [0.25, 0.3) is 0 Å². The molecule has 31 heavy (non-hydrogen) atoms. The molecule has 3 unspecified atom stereocenters. The monoisotopic (exact) mass is 426 g/mol. The first-order valence-corrected chi connectivity index (χ1v) is 14.0. The van der Waals surface area contributed by atoms with E-state index in [9.17, 15) is 0 Å². The van der Waals surface area contributed by atoms with Gasteiger partial charge in [-0.3, -0.25) is 0 Å². The van der Waals surface area contributed by atoms with Gasteiger partial charge in [-0.1, -0.05) is 112 Å². The van der Waals surface area contributed by atoms with Crippen molar-refractivity contribution in [2.75, 3.05) is 12.3 Å². The molecule has 0 bridgehead atoms. The van der Waals surface area contributed by atoms with E-state index >= 15 is 0 Å². The smallest absolute Gasteiger partial charge is 0.0130 e. The molecule has 0 aromatic heterocycles. The molecule has 0 aliphatic heterocycles. The Morgan fingerprint density at radius 1 is 0.516 bits per heavy atom. The van der Waals surface area contributed by atoms with E-state index in [2.05, 4.69) is 91.0 Å². The topological polar surface area (TPSA) is 0 Å². The summed E-state index contributed by atoms with van der Waals surface area (Å²) in [6.45, 7) is 0. The van der Waals surface area contributed by atoms with Crippen molar-refractivity contribution in [2.24, 2.45) is 11.8 Å². The van der Waals surface area contributed by atoms with Gasteiger partial charge in [-0.2, -0.15) is 0 Å². The Bertz CT molecular complexity index is 861. The van der Waals surface area contributed by atoms with E-state index in [0.717, 1.165) is 23.7 Å². The molecule has 0 heterocycles. The van der Waals surface area contributed by atoms with Crippen LogP contribution in [0.2, 0.25) is 0 Å². The summed E-state index contributed by atoms with van der Waals surface area (Å²) in [6, 6.07) is 34.3. The highest BCUT2D eigenvalue weighted by Crippen LogP contribution is 2.52. The predicted octanol–water partition coefficient (Wildman–Crippen LogP) is 7.96. The Kier molecular flexibility index (Phi) is 6.86. The molecule has 0 amide bonds. The molecule has 0 nitrogen and oxygen atoms in total. The van der Waals surface area contributed by atoms with Gasteiger partial charge in [0.25, 0.3) is 0 Å². The SMILES string of the molecule is c1ccc(C2CCC[C@@H]2CP(C[C@@H]2CCCC2c2ccccc2)c2ccccc2)cc1. The van der Waals surface area contributed by atoms with E-state index in [1.54, 1.807) is 16.4 Å². The van der Waals surface area contributed by atoms with Crippen molar-refractivity contribution in [2.45, 2.75) is 50.4 Å². The van der Waals surface area contributed by atoms with Gasteiger partial charge in [0.15, 0.2) is 0 Å². The van der Waals surface area contributed by atoms with Gasteiger partial charge < -0.3 is 0 Å². The third kappa shape index (κ3) is 4.96. The van der Waals surface area contributed by atoms with E-state index in [1.165, 1.54) is 50.8 Å². The minimum Gasteiger partial charge on any atom is -0.0747 e. The normalized spacial score (nSPS) is 26.7. The molecule has 5 rings (SSSR count). The summed E-state index contributed by atoms with van der Waals surface area (Å²) in [5.41, 5.74) is 3.16. The molecule has 0 spiro atoms. The second kappa shape index (κ2) is 10.1. The maximum Gasteiger partial charge on any atom is -0.0130 e. The predicted molar refractivity (Wildman–Crippen MR) is 136 cm³/mol. The molecule has 0 saturated heterocycles. The van der Waals surface area contributed by atoms with Crippen molar-refractivity contribution in [3.63, 3.8) is 0 Å². The maximum atomic E-state index is 2.42. The number of hydrogen-bond acceptors (Lipinski definition) is 0. The first-order chi connectivity index (χ1) is 15.4. The van der Waals surface area contributed by atoms with Crippen molar-refractivity contribution >= 4 is 13.2 Å². The zero-order valence-corrected chi connectivity index (χ0v) is 19.5. The average molecular weight is 427 g/mol. The molecule has 0 radical (unpaired) electrons. The Hall–Kier alpha value is -1.91. The zero-order valence-electron chi connectivity index (χ0n) is 18.6. The van der Waals surface area contributed by atoms with Gasteiger partial charge in [-0.25, -0.2) is 0 Å². The van der Waals surface area contributed by atoms with E-state index in [4.69, 9.17) is 0 Å². The fourth-order valence-electron chi connectivity index (χ4n) is 6.28. The first kappa shape index (κ1) is 21.0. The van der Waals surface area contributed by atoms with Crippen LogP contribution in [0.15, 0.2) is 91.0 Å². The highest BCUT2D eigenvalue weighted by Gasteiger charge is 2.34. The number of benzene rings is 3. The summed E-state index contributed by atoms with van der Waals surface area (Å²) < 4.78 is 0. The van der Waals surface area contributed by atoms with Crippen LogP contribution < -0.4 is 5.30 Å². The molecule has 160 valence electrons. The summed E-state index contributed by atoms with van der Waals surface area (Å²) in [5, 5.41) is 1.63. The van der Waals surface area contributed by atoms with Crippen LogP contribution >= 0.6 is 7.92 Å². The van der Waals surface area contributed by atoms with Crippen molar-refractivity contribution in [1.29, 1.82) is 0 Å². The third-order valence-electron chi connectivity index (χ3n) is 7.80. The second-order valence-electron chi connectivity index (χ2n) is 9.66. The lowest BCUT2D eigenvalue weighted by molar-refractivity contribution is 0.525. The standard InChI is InChI=1S/C30H35P/c1-4-12-24(13-5-1)29-20-10-16-26(29)22-31(28-18-8-3-9-19-28)23-27-17-11-21-30(27)25-14-6-2-7-15-25/h1-9,12-15,18-19,26-27,29-30H,10-11,16-17,20-23H2/t26-,27+,29?,30?,31?. The molecular formula is C30H35P. The minimum absolute atomic E-state index is 0.112. The lowest BCUT2D eigenvalue weighted by atomic mass is 9.90. The van der Waals surface area contributed by atoms with Crippen molar-refractivity contribution in [1.82, 2.24) is 0 Å². The summed E-state index contributed by atoms with van der Waals surface area (Å²) in [5.74, 6) is 3.24. The Morgan fingerprint density at radius 2 is 0.935 bits per heavy atom. The fourth-order valence-corrected chi connectivity index (χ4v) is 9.45. The van der Waals surface area contributed by atoms with Crippen molar-refractivity contribution < 1.29 is 0 Å². The molecule has 2 aliphatic rings. The van der Waals surface area contributed by atoms with Gasteiger partial charge in [0.1, 0.15) is 0 Å². The molecule has 0 N–H and O–H groups in total. The quantitative estimate of drug-likeness (QED) is 0.336. The molecule has 2 fully saturated rings. The van der Waals surface area contributed by atoms with Gasteiger partial charge in [-0.05, 0) is 78.1 Å². The molecule has 2 saturated carbocycles. The third-order valence-corrected chi connectivity index (χ3v) is 10.7. The molecule has 3 aromatic rings. The Labute approximate surface area is 189 Å². The van der Waals surface area contributed by atoms with Crippen LogP contribution in [-0.2, 0) is 0 Å². The van der Waals surface area contributed by atoms with Crippen LogP contribution in [0.5, 0.6) is 0 Å². The number of rotatable bonds is 7. The van der Waals surface area contributed by atoms with Crippen LogP contribution in [0.1, 0.15) is 61.5 Å². The number of hydrogen-bond donors (Lipinski definition) is 0. The van der Waals surface area contributed by atoms with Crippen LogP contribution in [0, 0.1) is 11.8 Å². The molecule has 2 aliphatic carbocycles. The zero-order chi connectivity index (χ0) is 20.9.